The molecule has 6 rings (SSSR count). The molecular weight excluding hydrogens is 613 g/mol. The number of sulfonamides is 1. The van der Waals surface area contributed by atoms with Crippen LogP contribution in [0.4, 0.5) is 13.2 Å². The van der Waals surface area contributed by atoms with Crippen molar-refractivity contribution in [1.82, 2.24) is 29.2 Å². The number of benzene rings is 1. The number of aromatic nitrogens is 4. The van der Waals surface area contributed by atoms with Crippen LogP contribution in [0.3, 0.4) is 0 Å². The maximum Gasteiger partial charge on any atom is 0.452 e. The summed E-state index contributed by atoms with van der Waals surface area (Å²) in [4.78, 5) is 16.8. The third-order valence-corrected chi connectivity index (χ3v) is 10.6. The summed E-state index contributed by atoms with van der Waals surface area (Å²) in [5.74, 6) is -3.11. The summed E-state index contributed by atoms with van der Waals surface area (Å²) in [7, 11) is -4.04. The van der Waals surface area contributed by atoms with Gasteiger partial charge in [0.05, 0.1) is 12.0 Å². The number of hydrogen-bond donors (Lipinski definition) is 2. The zero-order chi connectivity index (χ0) is 32.5. The number of nitrogens with one attached hydrogen (secondary N) is 1. The molecular formula is C30H31F3N6O5S. The second kappa shape index (κ2) is 10.5. The number of carbonyl (C=O) groups is 1. The lowest BCUT2D eigenvalue weighted by Gasteiger charge is -2.42. The van der Waals surface area contributed by atoms with E-state index in [-0.39, 0.29) is 29.5 Å². The van der Waals surface area contributed by atoms with Gasteiger partial charge in [0.15, 0.2) is 5.65 Å². The van der Waals surface area contributed by atoms with E-state index in [9.17, 15) is 31.5 Å². The highest BCUT2D eigenvalue weighted by Gasteiger charge is 2.48. The minimum atomic E-state index is -4.73. The van der Waals surface area contributed by atoms with E-state index in [1.54, 1.807) is 39.0 Å². The normalized spacial score (nSPS) is 18.6. The fraction of sp³-hybridized carbons (Fsp3) is 0.400. The largest absolute Gasteiger partial charge is 0.481 e. The van der Waals surface area contributed by atoms with Gasteiger partial charge in [0.2, 0.25) is 21.7 Å². The van der Waals surface area contributed by atoms with E-state index in [4.69, 9.17) is 4.74 Å². The number of nitrogens with zero attached hydrogens (tertiary/aromatic N) is 5. The smallest absolute Gasteiger partial charge is 0.452 e. The molecule has 238 valence electrons. The van der Waals surface area contributed by atoms with Crippen LogP contribution in [0, 0.1) is 19.3 Å². The van der Waals surface area contributed by atoms with Crippen molar-refractivity contribution in [3.05, 3.63) is 82.4 Å². The van der Waals surface area contributed by atoms with Crippen molar-refractivity contribution in [2.75, 3.05) is 19.6 Å². The van der Waals surface area contributed by atoms with Gasteiger partial charge in [-0.2, -0.15) is 17.5 Å². The van der Waals surface area contributed by atoms with Gasteiger partial charge in [-0.3, -0.25) is 9.20 Å². The molecule has 1 spiro atoms. The SMILES string of the molecule is Cc1ccc(C(c2ccn3c(C(F)(F)F)nnc3c2C)C(C)(C)C(=O)O)cc1CN1CC2(CNC2)Oc2ncccc2S1(=O)=O. The van der Waals surface area contributed by atoms with Crippen molar-refractivity contribution in [2.45, 2.75) is 56.8 Å². The van der Waals surface area contributed by atoms with E-state index >= 15 is 0 Å². The molecule has 2 aliphatic rings. The summed E-state index contributed by atoms with van der Waals surface area (Å²) in [6.45, 7) is 7.41. The summed E-state index contributed by atoms with van der Waals surface area (Å²) in [6.07, 6.45) is -2.06. The molecule has 11 nitrogen and oxygen atoms in total. The van der Waals surface area contributed by atoms with Crippen LogP contribution in [0.2, 0.25) is 0 Å². The Kier molecular flexibility index (Phi) is 7.21. The third-order valence-electron chi connectivity index (χ3n) is 8.78. The van der Waals surface area contributed by atoms with Crippen LogP contribution in [0.5, 0.6) is 5.88 Å². The summed E-state index contributed by atoms with van der Waals surface area (Å²) < 4.78 is 76.8. The van der Waals surface area contributed by atoms with Gasteiger partial charge in [-0.25, -0.2) is 13.4 Å². The number of fused-ring (bicyclic) bond motifs is 2. The van der Waals surface area contributed by atoms with E-state index in [0.717, 1.165) is 9.96 Å². The Bertz CT molecular complexity index is 1940. The predicted octanol–water partition coefficient (Wildman–Crippen LogP) is 3.93. The molecule has 0 saturated carbocycles. The number of alkyl halides is 3. The quantitative estimate of drug-likeness (QED) is 0.320. The van der Waals surface area contributed by atoms with E-state index in [1.165, 1.54) is 34.9 Å². The van der Waals surface area contributed by atoms with Crippen molar-refractivity contribution < 1.29 is 36.2 Å². The first-order valence-corrected chi connectivity index (χ1v) is 15.6. The number of rotatable bonds is 6. The zero-order valence-corrected chi connectivity index (χ0v) is 25.7. The molecule has 1 atom stereocenters. The molecule has 5 heterocycles. The third kappa shape index (κ3) is 5.12. The van der Waals surface area contributed by atoms with Crippen molar-refractivity contribution >= 4 is 21.6 Å². The minimum Gasteiger partial charge on any atom is -0.481 e. The Morgan fingerprint density at radius 1 is 1.16 bits per heavy atom. The molecule has 1 saturated heterocycles. The lowest BCUT2D eigenvalue weighted by molar-refractivity contribution is -0.147. The Hall–Kier alpha value is -4.08. The van der Waals surface area contributed by atoms with Gasteiger partial charge in [-0.1, -0.05) is 18.2 Å². The van der Waals surface area contributed by atoms with E-state index in [0.29, 0.717) is 35.3 Å². The number of carboxylic acid groups (broad SMARTS) is 1. The Morgan fingerprint density at radius 3 is 2.53 bits per heavy atom. The van der Waals surface area contributed by atoms with Crippen molar-refractivity contribution in [3.8, 4) is 5.88 Å². The molecule has 2 N–H and O–H groups in total. The highest BCUT2D eigenvalue weighted by molar-refractivity contribution is 7.89. The second-order valence-corrected chi connectivity index (χ2v) is 14.1. The van der Waals surface area contributed by atoms with Gasteiger partial charge >= 0.3 is 12.1 Å². The summed E-state index contributed by atoms with van der Waals surface area (Å²) >= 11 is 0. The molecule has 45 heavy (non-hydrogen) atoms. The first-order valence-electron chi connectivity index (χ1n) is 14.1. The molecule has 15 heteroatoms. The molecule has 2 aliphatic heterocycles. The van der Waals surface area contributed by atoms with Gasteiger partial charge < -0.3 is 15.2 Å². The maximum atomic E-state index is 13.9. The highest BCUT2D eigenvalue weighted by atomic mass is 32.2. The highest BCUT2D eigenvalue weighted by Crippen LogP contribution is 2.44. The van der Waals surface area contributed by atoms with Crippen LogP contribution in [-0.4, -0.2) is 68.6 Å². The fourth-order valence-corrected chi connectivity index (χ4v) is 7.66. The average molecular weight is 645 g/mol. The van der Waals surface area contributed by atoms with E-state index in [1.807, 2.05) is 6.92 Å². The number of halogens is 3. The van der Waals surface area contributed by atoms with E-state index in [2.05, 4.69) is 20.5 Å². The first kappa shape index (κ1) is 30.9. The summed E-state index contributed by atoms with van der Waals surface area (Å²) in [5.41, 5.74) is 0.495. The summed E-state index contributed by atoms with van der Waals surface area (Å²) in [6, 6.07) is 9.78. The monoisotopic (exact) mass is 644 g/mol. The summed E-state index contributed by atoms with van der Waals surface area (Å²) in [5, 5.41) is 20.6. The standard InChI is InChI=1S/C30H31F3N6O5S/c1-17-7-8-19(12-20(17)13-38-16-29(14-34-15-29)44-25-22(45(38,42)43)6-5-10-35-25)23(28(3,4)27(40)41)21-9-11-39-24(18(21)2)36-37-26(39)30(31,32)33/h5-12,23,34H,13-16H2,1-4H3,(H,40,41). The van der Waals surface area contributed by atoms with Gasteiger partial charge in [0.1, 0.15) is 10.5 Å². The van der Waals surface area contributed by atoms with Gasteiger partial charge in [-0.05, 0) is 73.7 Å². The Labute approximate surface area is 257 Å². The van der Waals surface area contributed by atoms with Crippen LogP contribution in [0.1, 0.15) is 53.4 Å². The van der Waals surface area contributed by atoms with Crippen molar-refractivity contribution in [1.29, 1.82) is 0 Å². The van der Waals surface area contributed by atoms with Crippen molar-refractivity contribution in [2.24, 2.45) is 5.41 Å². The van der Waals surface area contributed by atoms with Crippen molar-refractivity contribution in [3.63, 3.8) is 0 Å². The van der Waals surface area contributed by atoms with Crippen LogP contribution >= 0.6 is 0 Å². The van der Waals surface area contributed by atoms with Crippen LogP contribution in [0.25, 0.3) is 5.65 Å². The molecule has 0 bridgehead atoms. The van der Waals surface area contributed by atoms with E-state index < -0.39 is 44.9 Å². The first-order chi connectivity index (χ1) is 21.0. The number of hydrogen-bond acceptors (Lipinski definition) is 8. The lowest BCUT2D eigenvalue weighted by Crippen LogP contribution is -2.67. The van der Waals surface area contributed by atoms with Crippen LogP contribution < -0.4 is 10.1 Å². The second-order valence-electron chi connectivity index (χ2n) is 12.2. The number of ether oxygens (including phenoxy) is 1. The fourth-order valence-electron chi connectivity index (χ4n) is 6.10. The number of aryl methyl sites for hydroxylation is 2. The lowest BCUT2D eigenvalue weighted by atomic mass is 9.70. The zero-order valence-electron chi connectivity index (χ0n) is 24.9. The molecule has 1 unspecified atom stereocenters. The Balaban J connectivity index is 1.46. The maximum absolute atomic E-state index is 13.9. The molecule has 0 aliphatic carbocycles. The molecule has 0 radical (unpaired) electrons. The molecule has 0 amide bonds. The van der Waals surface area contributed by atoms with Gasteiger partial charge in [0.25, 0.3) is 0 Å². The van der Waals surface area contributed by atoms with Gasteiger partial charge in [0, 0.05) is 37.9 Å². The topological polar surface area (TPSA) is 139 Å². The molecule has 1 aromatic carbocycles. The predicted molar refractivity (Wildman–Crippen MR) is 155 cm³/mol. The number of carboxylic acids is 1. The van der Waals surface area contributed by atoms with Crippen LogP contribution in [-0.2, 0) is 27.5 Å². The molecule has 1 fully saturated rings. The molecule has 3 aromatic heterocycles. The Morgan fingerprint density at radius 2 is 1.89 bits per heavy atom. The minimum absolute atomic E-state index is 0.0290. The number of pyridine rings is 2. The average Bonchev–Trinajstić information content (AvgIpc) is 3.36. The number of aliphatic carboxylic acids is 1. The van der Waals surface area contributed by atoms with Crippen LogP contribution in [0.15, 0.2) is 53.7 Å². The van der Waals surface area contributed by atoms with Gasteiger partial charge in [-0.15, -0.1) is 10.2 Å². The molecule has 4 aromatic rings.